The molecule has 9 nitrogen and oxygen atoms in total. The molecule has 38 heavy (non-hydrogen) atoms. The molecule has 1 fully saturated rings. The number of aryl methyl sites for hydroxylation is 1. The summed E-state index contributed by atoms with van der Waals surface area (Å²) < 4.78 is 14.7. The number of hydrogen-bond acceptors (Lipinski definition) is 6. The molecule has 1 atom stereocenters. The lowest BCUT2D eigenvalue weighted by Crippen LogP contribution is -2.42. The summed E-state index contributed by atoms with van der Waals surface area (Å²) in [5.74, 6) is 1.31. The highest BCUT2D eigenvalue weighted by Gasteiger charge is 2.29. The highest BCUT2D eigenvalue weighted by molar-refractivity contribution is 5.79. The minimum absolute atomic E-state index is 0.0858. The van der Waals surface area contributed by atoms with E-state index in [2.05, 4.69) is 5.32 Å². The number of nitrogens with zero attached hydrogens (tertiary/aromatic N) is 4. The Morgan fingerprint density at radius 3 is 2.53 bits per heavy atom. The summed E-state index contributed by atoms with van der Waals surface area (Å²) in [6.07, 6.45) is -0.0633. The van der Waals surface area contributed by atoms with Crippen molar-refractivity contribution in [2.45, 2.75) is 45.6 Å². The molecular weight excluding hydrogens is 482 g/mol. The highest BCUT2D eigenvalue weighted by atomic mass is 16.5. The quantitative estimate of drug-likeness (QED) is 0.305. The number of amides is 1. The van der Waals surface area contributed by atoms with Crippen molar-refractivity contribution in [2.75, 3.05) is 25.0 Å². The van der Waals surface area contributed by atoms with Crippen LogP contribution in [-0.4, -0.2) is 56.4 Å². The van der Waals surface area contributed by atoms with Gasteiger partial charge in [-0.3, -0.25) is 4.57 Å². The summed E-state index contributed by atoms with van der Waals surface area (Å²) in [4.78, 5) is 22.6. The van der Waals surface area contributed by atoms with Crippen molar-refractivity contribution in [1.29, 1.82) is 0 Å². The number of ether oxygens (including phenoxy) is 2. The minimum Gasteiger partial charge on any atom is -0.487 e. The number of pyridine rings is 1. The van der Waals surface area contributed by atoms with Crippen LogP contribution in [-0.2, 0) is 11.3 Å². The molecule has 4 aromatic rings. The number of nitrogens with one attached hydrogen (secondary N) is 1. The van der Waals surface area contributed by atoms with Gasteiger partial charge in [0, 0.05) is 31.4 Å². The Kier molecular flexibility index (Phi) is 7.74. The van der Waals surface area contributed by atoms with Gasteiger partial charge in [0.05, 0.1) is 11.0 Å². The van der Waals surface area contributed by atoms with Crippen molar-refractivity contribution in [3.05, 3.63) is 83.7 Å². The van der Waals surface area contributed by atoms with Gasteiger partial charge in [0.15, 0.2) is 6.23 Å². The van der Waals surface area contributed by atoms with Gasteiger partial charge in [-0.1, -0.05) is 42.5 Å². The van der Waals surface area contributed by atoms with E-state index in [-0.39, 0.29) is 6.04 Å². The summed E-state index contributed by atoms with van der Waals surface area (Å²) in [5, 5.41) is 12.9. The zero-order chi connectivity index (χ0) is 26.5. The van der Waals surface area contributed by atoms with Gasteiger partial charge in [-0.05, 0) is 56.5 Å². The number of carbonyl (C=O) groups is 1. The van der Waals surface area contributed by atoms with Crippen LogP contribution >= 0.6 is 0 Å². The Morgan fingerprint density at radius 1 is 1.05 bits per heavy atom. The first-order valence-corrected chi connectivity index (χ1v) is 13.0. The molecule has 3 heterocycles. The van der Waals surface area contributed by atoms with E-state index in [0.717, 1.165) is 22.3 Å². The van der Waals surface area contributed by atoms with Crippen LogP contribution in [0.5, 0.6) is 5.75 Å². The molecule has 2 N–H and O–H groups in total. The first-order valence-electron chi connectivity index (χ1n) is 13.0. The van der Waals surface area contributed by atoms with E-state index < -0.39 is 12.3 Å². The molecule has 1 unspecified atom stereocenters. The average Bonchev–Trinajstić information content (AvgIpc) is 3.29. The normalized spacial score (nSPS) is 14.9. The lowest BCUT2D eigenvalue weighted by molar-refractivity contribution is 0.0393. The van der Waals surface area contributed by atoms with Crippen LogP contribution < -0.4 is 10.1 Å². The van der Waals surface area contributed by atoms with Crippen molar-refractivity contribution in [1.82, 2.24) is 19.4 Å². The van der Waals surface area contributed by atoms with E-state index in [1.54, 1.807) is 0 Å². The average molecular weight is 516 g/mol. The maximum absolute atomic E-state index is 11.4. The third-order valence-electron chi connectivity index (χ3n) is 6.75. The van der Waals surface area contributed by atoms with Crippen molar-refractivity contribution in [3.8, 4) is 5.75 Å². The van der Waals surface area contributed by atoms with Gasteiger partial charge in [0.2, 0.25) is 5.95 Å². The van der Waals surface area contributed by atoms with Gasteiger partial charge in [0.25, 0.3) is 0 Å². The fourth-order valence-electron chi connectivity index (χ4n) is 4.81. The predicted octanol–water partition coefficient (Wildman–Crippen LogP) is 5.46. The number of hydrogen-bond donors (Lipinski definition) is 2. The van der Waals surface area contributed by atoms with Crippen molar-refractivity contribution >= 4 is 23.1 Å². The first kappa shape index (κ1) is 25.5. The van der Waals surface area contributed by atoms with Crippen LogP contribution in [0, 0.1) is 6.92 Å². The van der Waals surface area contributed by atoms with Crippen molar-refractivity contribution in [2.24, 2.45) is 0 Å². The van der Waals surface area contributed by atoms with E-state index in [9.17, 15) is 9.90 Å². The molecule has 1 saturated heterocycles. The van der Waals surface area contributed by atoms with Crippen molar-refractivity contribution < 1.29 is 19.4 Å². The number of rotatable bonds is 9. The molecular formula is C29H33N5O4. The van der Waals surface area contributed by atoms with E-state index in [1.165, 1.54) is 4.90 Å². The monoisotopic (exact) mass is 515 g/mol. The number of aromatic nitrogens is 3. The third kappa shape index (κ3) is 5.57. The van der Waals surface area contributed by atoms with E-state index in [1.807, 2.05) is 85.1 Å². The van der Waals surface area contributed by atoms with Crippen LogP contribution in [0.2, 0.25) is 0 Å². The van der Waals surface area contributed by atoms with Gasteiger partial charge >= 0.3 is 6.09 Å². The van der Waals surface area contributed by atoms with Gasteiger partial charge in [-0.2, -0.15) is 0 Å². The van der Waals surface area contributed by atoms with Crippen LogP contribution in [0.3, 0.4) is 0 Å². The van der Waals surface area contributed by atoms with Crippen LogP contribution in [0.15, 0.2) is 66.7 Å². The Labute approximate surface area is 222 Å². The van der Waals surface area contributed by atoms with Crippen LogP contribution in [0.1, 0.15) is 42.9 Å². The molecule has 0 aliphatic carbocycles. The number of likely N-dealkylation sites (tertiary alicyclic amines) is 1. The second-order valence-corrected chi connectivity index (χ2v) is 9.40. The molecule has 1 amide bonds. The number of fused-ring (bicyclic) bond motifs is 1. The van der Waals surface area contributed by atoms with E-state index in [0.29, 0.717) is 56.5 Å². The molecule has 0 radical (unpaired) electrons. The number of benzene rings is 2. The lowest BCUT2D eigenvalue weighted by Gasteiger charge is -2.31. The van der Waals surface area contributed by atoms with Gasteiger partial charge in [-0.15, -0.1) is 0 Å². The van der Waals surface area contributed by atoms with Crippen molar-refractivity contribution in [3.63, 3.8) is 0 Å². The Hall–Kier alpha value is -4.11. The second kappa shape index (κ2) is 11.5. The van der Waals surface area contributed by atoms with E-state index >= 15 is 0 Å². The standard InChI is InChI=1S/C29H33N5O4/c1-3-37-27(26-25(14-13-20(2)30-26)38-19-21-9-5-4-6-10-21)34-24-12-8-7-11-23(24)32-28(34)31-22-15-17-33(18-16-22)29(35)36/h4-14,22,27H,3,15-19H2,1-2H3,(H,31,32)(H,35,36). The number of carboxylic acid groups (broad SMARTS) is 1. The topological polar surface area (TPSA) is 102 Å². The molecule has 9 heteroatoms. The minimum atomic E-state index is -0.874. The molecule has 2 aromatic carbocycles. The molecule has 5 rings (SSSR count). The summed E-state index contributed by atoms with van der Waals surface area (Å²) in [5.41, 5.74) is 4.34. The zero-order valence-corrected chi connectivity index (χ0v) is 21.7. The summed E-state index contributed by atoms with van der Waals surface area (Å²) in [7, 11) is 0. The lowest BCUT2D eigenvalue weighted by atomic mass is 10.1. The number of piperidine rings is 1. The third-order valence-corrected chi connectivity index (χ3v) is 6.75. The predicted molar refractivity (Wildman–Crippen MR) is 145 cm³/mol. The molecule has 1 aliphatic heterocycles. The number of anilines is 1. The molecule has 0 spiro atoms. The fraction of sp³-hybridized carbons (Fsp3) is 0.345. The van der Waals surface area contributed by atoms with Gasteiger partial charge in [0.1, 0.15) is 18.1 Å². The molecule has 198 valence electrons. The zero-order valence-electron chi connectivity index (χ0n) is 21.7. The Balaban J connectivity index is 1.51. The highest BCUT2D eigenvalue weighted by Crippen LogP contribution is 2.34. The first-order chi connectivity index (χ1) is 18.5. The SMILES string of the molecule is CCOC(c1nc(C)ccc1OCc1ccccc1)n1c(NC2CCN(C(=O)O)CC2)nc2ccccc21. The Bertz CT molecular complexity index is 1380. The van der Waals surface area contributed by atoms with Crippen LogP contribution in [0.4, 0.5) is 10.7 Å². The maximum atomic E-state index is 11.4. The number of imidazole rings is 1. The number of para-hydroxylation sites is 2. The van der Waals surface area contributed by atoms with Gasteiger partial charge < -0.3 is 24.8 Å². The summed E-state index contributed by atoms with van der Waals surface area (Å²) >= 11 is 0. The second-order valence-electron chi connectivity index (χ2n) is 9.40. The largest absolute Gasteiger partial charge is 0.487 e. The Morgan fingerprint density at radius 2 is 1.79 bits per heavy atom. The molecule has 0 bridgehead atoms. The summed E-state index contributed by atoms with van der Waals surface area (Å²) in [6.45, 7) is 5.75. The van der Waals surface area contributed by atoms with E-state index in [4.69, 9.17) is 19.4 Å². The maximum Gasteiger partial charge on any atom is 0.407 e. The molecule has 1 aliphatic rings. The molecule has 0 saturated carbocycles. The fourth-order valence-corrected chi connectivity index (χ4v) is 4.81. The smallest absolute Gasteiger partial charge is 0.407 e. The molecule has 2 aromatic heterocycles. The van der Waals surface area contributed by atoms with Gasteiger partial charge in [-0.25, -0.2) is 14.8 Å². The summed E-state index contributed by atoms with van der Waals surface area (Å²) in [6, 6.07) is 21.9. The van der Waals surface area contributed by atoms with Crippen LogP contribution in [0.25, 0.3) is 11.0 Å².